The van der Waals surface area contributed by atoms with Crippen LogP contribution in [0.3, 0.4) is 0 Å². The lowest BCUT2D eigenvalue weighted by atomic mass is 10.2. The summed E-state index contributed by atoms with van der Waals surface area (Å²) in [6.07, 6.45) is 2.44. The highest BCUT2D eigenvalue weighted by Crippen LogP contribution is 2.34. The summed E-state index contributed by atoms with van der Waals surface area (Å²) in [5.74, 6) is 0.495. The van der Waals surface area contributed by atoms with Crippen molar-refractivity contribution in [2.45, 2.75) is 26.4 Å². The van der Waals surface area contributed by atoms with E-state index in [4.69, 9.17) is 9.47 Å². The Morgan fingerprint density at radius 1 is 1.33 bits per heavy atom. The monoisotopic (exact) mass is 413 g/mol. The highest BCUT2D eigenvalue weighted by Gasteiger charge is 2.34. The minimum atomic E-state index is -0.250. The van der Waals surface area contributed by atoms with E-state index < -0.39 is 0 Å². The van der Waals surface area contributed by atoms with Crippen molar-refractivity contribution >= 4 is 44.9 Å². The highest BCUT2D eigenvalue weighted by molar-refractivity contribution is 9.10. The Balaban J connectivity index is 2.12. The second-order valence-electron chi connectivity index (χ2n) is 5.54. The molecule has 0 aliphatic carbocycles. The van der Waals surface area contributed by atoms with E-state index in [9.17, 15) is 9.59 Å². The molecule has 1 aromatic rings. The maximum Gasteiger partial charge on any atom is 0.293 e. The van der Waals surface area contributed by atoms with Gasteiger partial charge in [0.15, 0.2) is 0 Å². The van der Waals surface area contributed by atoms with Crippen LogP contribution < -0.4 is 4.74 Å². The molecular formula is C17H20BrNO4S. The molecule has 2 rings (SSSR count). The third-order valence-corrected chi connectivity index (χ3v) is 4.75. The lowest BCUT2D eigenvalue weighted by Crippen LogP contribution is -2.29. The molecular weight excluding hydrogens is 394 g/mol. The first-order chi connectivity index (χ1) is 11.4. The first-order valence-electron chi connectivity index (χ1n) is 7.63. The van der Waals surface area contributed by atoms with Crippen molar-refractivity contribution in [2.24, 2.45) is 0 Å². The molecule has 7 heteroatoms. The molecule has 0 aromatic heterocycles. The number of ether oxygens (including phenoxy) is 2. The number of benzene rings is 1. The minimum Gasteiger partial charge on any atom is -0.490 e. The van der Waals surface area contributed by atoms with Crippen molar-refractivity contribution in [2.75, 3.05) is 20.3 Å². The number of carbonyl (C=O) groups excluding carboxylic acids is 2. The maximum absolute atomic E-state index is 12.4. The number of methoxy groups -OCH3 is 1. The fourth-order valence-electron chi connectivity index (χ4n) is 2.17. The van der Waals surface area contributed by atoms with Crippen LogP contribution in [0.25, 0.3) is 6.08 Å². The van der Waals surface area contributed by atoms with Crippen LogP contribution in [0.2, 0.25) is 0 Å². The molecule has 0 N–H and O–H groups in total. The predicted molar refractivity (Wildman–Crippen MR) is 99.1 cm³/mol. The third-order valence-electron chi connectivity index (χ3n) is 3.22. The van der Waals surface area contributed by atoms with Gasteiger partial charge in [-0.3, -0.25) is 14.5 Å². The fourth-order valence-corrected chi connectivity index (χ4v) is 3.52. The molecule has 2 amide bonds. The standard InChI is InChI=1S/C17H20BrNO4S/c1-11(2)23-14-6-5-12(9-13(14)18)10-15-16(20)19(17(21)24-15)7-4-8-22-3/h5-6,9-11H,4,7-8H2,1-3H3/b15-10+. The Morgan fingerprint density at radius 2 is 2.08 bits per heavy atom. The van der Waals surface area contributed by atoms with Crippen LogP contribution in [0.1, 0.15) is 25.8 Å². The Morgan fingerprint density at radius 3 is 2.71 bits per heavy atom. The summed E-state index contributed by atoms with van der Waals surface area (Å²) in [7, 11) is 1.60. The van der Waals surface area contributed by atoms with Crippen LogP contribution in [0.4, 0.5) is 4.79 Å². The summed E-state index contributed by atoms with van der Waals surface area (Å²) >= 11 is 4.44. The number of rotatable bonds is 7. The number of hydrogen-bond donors (Lipinski definition) is 0. The summed E-state index contributed by atoms with van der Waals surface area (Å²) in [4.78, 5) is 26.0. The van der Waals surface area contributed by atoms with Crippen molar-refractivity contribution in [1.29, 1.82) is 0 Å². The third kappa shape index (κ3) is 4.84. The van der Waals surface area contributed by atoms with E-state index in [2.05, 4.69) is 15.9 Å². The molecule has 1 heterocycles. The molecule has 0 unspecified atom stereocenters. The van der Waals surface area contributed by atoms with Crippen LogP contribution in [0, 0.1) is 0 Å². The maximum atomic E-state index is 12.4. The van der Waals surface area contributed by atoms with Crippen LogP contribution in [0.15, 0.2) is 27.6 Å². The van der Waals surface area contributed by atoms with E-state index in [1.807, 2.05) is 32.0 Å². The van der Waals surface area contributed by atoms with Crippen molar-refractivity contribution in [1.82, 2.24) is 4.90 Å². The topological polar surface area (TPSA) is 55.8 Å². The average Bonchev–Trinajstić information content (AvgIpc) is 2.77. The lowest BCUT2D eigenvalue weighted by molar-refractivity contribution is -0.122. The number of carbonyl (C=O) groups is 2. The van der Waals surface area contributed by atoms with Crippen molar-refractivity contribution in [3.8, 4) is 5.75 Å². The van der Waals surface area contributed by atoms with Gasteiger partial charge >= 0.3 is 0 Å². The van der Waals surface area contributed by atoms with Crippen LogP contribution in [0.5, 0.6) is 5.75 Å². The van der Waals surface area contributed by atoms with Gasteiger partial charge in [0.2, 0.25) is 0 Å². The molecule has 0 atom stereocenters. The van der Waals surface area contributed by atoms with Gasteiger partial charge < -0.3 is 9.47 Å². The Kier molecular flexibility index (Phi) is 6.89. The molecule has 1 aliphatic rings. The largest absolute Gasteiger partial charge is 0.490 e. The van der Waals surface area contributed by atoms with Gasteiger partial charge in [-0.25, -0.2) is 0 Å². The highest BCUT2D eigenvalue weighted by atomic mass is 79.9. The quantitative estimate of drug-likeness (QED) is 0.492. The first kappa shape index (κ1) is 19.0. The van der Waals surface area contributed by atoms with Crippen LogP contribution >= 0.6 is 27.7 Å². The van der Waals surface area contributed by atoms with Gasteiger partial charge in [-0.2, -0.15) is 0 Å². The van der Waals surface area contributed by atoms with Gasteiger partial charge in [0, 0.05) is 20.3 Å². The van der Waals surface area contributed by atoms with Crippen molar-refractivity contribution in [3.05, 3.63) is 33.1 Å². The van der Waals surface area contributed by atoms with Crippen LogP contribution in [-0.2, 0) is 9.53 Å². The normalized spacial score (nSPS) is 16.5. The zero-order valence-electron chi connectivity index (χ0n) is 13.9. The molecule has 0 bridgehead atoms. The van der Waals surface area contributed by atoms with Gasteiger partial charge in [0.1, 0.15) is 5.75 Å². The predicted octanol–water partition coefficient (Wildman–Crippen LogP) is 4.31. The van der Waals surface area contributed by atoms with E-state index >= 15 is 0 Å². The molecule has 0 saturated carbocycles. The van der Waals surface area contributed by atoms with Gasteiger partial charge in [0.05, 0.1) is 15.5 Å². The zero-order chi connectivity index (χ0) is 17.7. The molecule has 5 nitrogen and oxygen atoms in total. The number of amides is 2. The van der Waals surface area contributed by atoms with Crippen molar-refractivity contribution < 1.29 is 19.1 Å². The van der Waals surface area contributed by atoms with E-state index in [0.29, 0.717) is 24.5 Å². The summed E-state index contributed by atoms with van der Waals surface area (Å²) in [6.45, 7) is 4.81. The van der Waals surface area contributed by atoms with Gasteiger partial charge in [0.25, 0.3) is 11.1 Å². The Hall–Kier alpha value is -1.31. The number of imide groups is 1. The molecule has 1 aliphatic heterocycles. The summed E-state index contributed by atoms with van der Waals surface area (Å²) in [5.41, 5.74) is 0.834. The summed E-state index contributed by atoms with van der Waals surface area (Å²) < 4.78 is 11.4. The molecule has 24 heavy (non-hydrogen) atoms. The lowest BCUT2D eigenvalue weighted by Gasteiger charge is -2.12. The average molecular weight is 414 g/mol. The molecule has 0 radical (unpaired) electrons. The fraction of sp³-hybridized carbons (Fsp3) is 0.412. The smallest absolute Gasteiger partial charge is 0.293 e. The van der Waals surface area contributed by atoms with Gasteiger partial charge in [-0.05, 0) is 71.7 Å². The second-order valence-corrected chi connectivity index (χ2v) is 7.38. The number of nitrogens with zero attached hydrogens (tertiary/aromatic N) is 1. The number of hydrogen-bond acceptors (Lipinski definition) is 5. The van der Waals surface area contributed by atoms with Crippen LogP contribution in [-0.4, -0.2) is 42.4 Å². The first-order valence-corrected chi connectivity index (χ1v) is 9.24. The Bertz CT molecular complexity index is 660. The zero-order valence-corrected chi connectivity index (χ0v) is 16.3. The molecule has 1 saturated heterocycles. The molecule has 130 valence electrons. The van der Waals surface area contributed by atoms with E-state index in [0.717, 1.165) is 27.5 Å². The Labute approximate surface area is 154 Å². The SMILES string of the molecule is COCCCN1C(=O)S/C(=C/c2ccc(OC(C)C)c(Br)c2)C1=O. The minimum absolute atomic E-state index is 0.0794. The molecule has 1 fully saturated rings. The van der Waals surface area contributed by atoms with Gasteiger partial charge in [-0.15, -0.1) is 0 Å². The van der Waals surface area contributed by atoms with E-state index in [1.165, 1.54) is 4.90 Å². The van der Waals surface area contributed by atoms with E-state index in [-0.39, 0.29) is 17.3 Å². The van der Waals surface area contributed by atoms with E-state index in [1.54, 1.807) is 13.2 Å². The second kappa shape index (κ2) is 8.69. The number of thioether (sulfide) groups is 1. The molecule has 0 spiro atoms. The summed E-state index contributed by atoms with van der Waals surface area (Å²) in [5, 5.41) is -0.235. The van der Waals surface area contributed by atoms with Crippen molar-refractivity contribution in [3.63, 3.8) is 0 Å². The number of halogens is 1. The van der Waals surface area contributed by atoms with Gasteiger partial charge in [-0.1, -0.05) is 6.07 Å². The molecule has 1 aromatic carbocycles. The summed E-state index contributed by atoms with van der Waals surface area (Å²) in [6, 6.07) is 5.58.